The summed E-state index contributed by atoms with van der Waals surface area (Å²) in [5.74, 6) is -0.402. The van der Waals surface area contributed by atoms with Crippen LogP contribution in [0.5, 0.6) is 0 Å². The van der Waals surface area contributed by atoms with E-state index in [2.05, 4.69) is 10.3 Å². The van der Waals surface area contributed by atoms with Gasteiger partial charge in [-0.3, -0.25) is 14.1 Å². The highest BCUT2D eigenvalue weighted by Gasteiger charge is 2.33. The van der Waals surface area contributed by atoms with Crippen molar-refractivity contribution < 1.29 is 26.4 Å². The van der Waals surface area contributed by atoms with Gasteiger partial charge in [-0.2, -0.15) is 13.2 Å². The number of anilines is 1. The summed E-state index contributed by atoms with van der Waals surface area (Å²) in [6.45, 7) is 3.35. The molecule has 0 aliphatic carbocycles. The van der Waals surface area contributed by atoms with Gasteiger partial charge in [0.15, 0.2) is 0 Å². The van der Waals surface area contributed by atoms with Crippen molar-refractivity contribution in [2.45, 2.75) is 37.4 Å². The average Bonchev–Trinajstić information content (AvgIpc) is 2.80. The number of rotatable bonds is 8. The van der Waals surface area contributed by atoms with E-state index in [-0.39, 0.29) is 24.7 Å². The molecule has 1 N–H and O–H groups in total. The van der Waals surface area contributed by atoms with Crippen molar-refractivity contribution in [3.63, 3.8) is 0 Å². The number of halogens is 3. The normalized spacial score (nSPS) is 12.7. The molecule has 10 heteroatoms. The maximum Gasteiger partial charge on any atom is 0.416 e. The zero-order valence-corrected chi connectivity index (χ0v) is 19.4. The highest BCUT2D eigenvalue weighted by molar-refractivity contribution is 7.92. The molecule has 0 fully saturated rings. The number of hydrogen-bond acceptors (Lipinski definition) is 4. The number of alkyl halides is 3. The molecule has 1 heterocycles. The van der Waals surface area contributed by atoms with Crippen molar-refractivity contribution in [2.24, 2.45) is 0 Å². The summed E-state index contributed by atoms with van der Waals surface area (Å²) in [6, 6.07) is 13.2. The minimum absolute atomic E-state index is 0.193. The lowest BCUT2D eigenvalue weighted by atomic mass is 10.1. The summed E-state index contributed by atoms with van der Waals surface area (Å²) in [5, 5.41) is 2.80. The Bertz CT molecular complexity index is 1230. The molecule has 6 nitrogen and oxygen atoms in total. The van der Waals surface area contributed by atoms with Gasteiger partial charge in [-0.15, -0.1) is 0 Å². The minimum Gasteiger partial charge on any atom is -0.350 e. The van der Waals surface area contributed by atoms with Crippen LogP contribution in [0, 0.1) is 6.92 Å². The second kappa shape index (κ2) is 10.3. The zero-order chi connectivity index (χ0) is 24.9. The van der Waals surface area contributed by atoms with Crippen molar-refractivity contribution >= 4 is 21.6 Å². The van der Waals surface area contributed by atoms with Gasteiger partial charge in [0.05, 0.1) is 22.2 Å². The number of pyridine rings is 1. The Balaban J connectivity index is 1.86. The van der Waals surface area contributed by atoms with E-state index in [4.69, 9.17) is 0 Å². The van der Waals surface area contributed by atoms with Crippen molar-refractivity contribution in [2.75, 3.05) is 10.8 Å². The molecule has 0 spiro atoms. The first-order valence-corrected chi connectivity index (χ1v) is 11.9. The molecule has 180 valence electrons. The fourth-order valence-electron chi connectivity index (χ4n) is 3.31. The van der Waals surface area contributed by atoms with E-state index in [1.165, 1.54) is 0 Å². The standard InChI is InChI=1S/C24H24F3N3O3S/c1-17-6-8-21(9-7-17)30(15-12-23(31)29-18(2)19-10-13-28-14-11-19)34(32,33)22-5-3-4-20(16-22)24(25,26)27/h3-11,13-14,16,18H,12,15H2,1-2H3,(H,29,31). The molecule has 0 aliphatic rings. The number of benzene rings is 2. The van der Waals surface area contributed by atoms with Gasteiger partial charge < -0.3 is 5.32 Å². The van der Waals surface area contributed by atoms with Crippen LogP contribution in [0.3, 0.4) is 0 Å². The van der Waals surface area contributed by atoms with E-state index < -0.39 is 32.6 Å². The average molecular weight is 492 g/mol. The highest BCUT2D eigenvalue weighted by atomic mass is 32.2. The third-order valence-electron chi connectivity index (χ3n) is 5.20. The lowest BCUT2D eigenvalue weighted by molar-refractivity contribution is -0.137. The topological polar surface area (TPSA) is 79.4 Å². The Morgan fingerprint density at radius 1 is 1.06 bits per heavy atom. The van der Waals surface area contributed by atoms with Crippen molar-refractivity contribution in [1.82, 2.24) is 10.3 Å². The molecular formula is C24H24F3N3O3S. The van der Waals surface area contributed by atoms with Gasteiger partial charge in [0.2, 0.25) is 5.91 Å². The first-order chi connectivity index (χ1) is 16.0. The molecule has 34 heavy (non-hydrogen) atoms. The maximum atomic E-state index is 13.4. The van der Waals surface area contributed by atoms with Gasteiger partial charge in [-0.05, 0) is 61.9 Å². The summed E-state index contributed by atoms with van der Waals surface area (Å²) in [4.78, 5) is 16.0. The first kappa shape index (κ1) is 25.2. The molecule has 3 rings (SSSR count). The number of aryl methyl sites for hydroxylation is 1. The van der Waals surface area contributed by atoms with Crippen molar-refractivity contribution in [3.05, 3.63) is 89.7 Å². The molecule has 1 unspecified atom stereocenters. The van der Waals surface area contributed by atoms with Gasteiger partial charge in [0, 0.05) is 25.4 Å². The third-order valence-corrected chi connectivity index (χ3v) is 7.02. The Morgan fingerprint density at radius 3 is 2.32 bits per heavy atom. The van der Waals surface area contributed by atoms with E-state index in [0.717, 1.165) is 33.6 Å². The van der Waals surface area contributed by atoms with Gasteiger partial charge in [-0.25, -0.2) is 8.42 Å². The molecule has 0 aliphatic heterocycles. The summed E-state index contributed by atoms with van der Waals surface area (Å²) >= 11 is 0. The Morgan fingerprint density at radius 2 is 1.71 bits per heavy atom. The predicted octanol–water partition coefficient (Wildman–Crippen LogP) is 4.87. The summed E-state index contributed by atoms with van der Waals surface area (Å²) < 4.78 is 67.2. The van der Waals surface area contributed by atoms with E-state index in [9.17, 15) is 26.4 Å². The number of nitrogens with one attached hydrogen (secondary N) is 1. The fraction of sp³-hybridized carbons (Fsp3) is 0.250. The second-order valence-electron chi connectivity index (χ2n) is 7.76. The zero-order valence-electron chi connectivity index (χ0n) is 18.6. The van der Waals surface area contributed by atoms with Crippen LogP contribution in [0.1, 0.15) is 36.1 Å². The van der Waals surface area contributed by atoms with Crippen LogP contribution in [-0.2, 0) is 21.0 Å². The van der Waals surface area contributed by atoms with Gasteiger partial charge >= 0.3 is 6.18 Å². The first-order valence-electron chi connectivity index (χ1n) is 10.4. The molecule has 1 aromatic heterocycles. The lowest BCUT2D eigenvalue weighted by Gasteiger charge is -2.25. The van der Waals surface area contributed by atoms with E-state index in [0.29, 0.717) is 6.07 Å². The predicted molar refractivity (Wildman–Crippen MR) is 123 cm³/mol. The van der Waals surface area contributed by atoms with Gasteiger partial charge in [0.25, 0.3) is 10.0 Å². The molecule has 0 bridgehead atoms. The molecule has 0 radical (unpaired) electrons. The quantitative estimate of drug-likeness (QED) is 0.488. The van der Waals surface area contributed by atoms with Crippen LogP contribution in [0.25, 0.3) is 0 Å². The molecule has 1 amide bonds. The van der Waals surface area contributed by atoms with Crippen LogP contribution in [0.2, 0.25) is 0 Å². The van der Waals surface area contributed by atoms with E-state index >= 15 is 0 Å². The van der Waals surface area contributed by atoms with Crippen LogP contribution in [0.4, 0.5) is 18.9 Å². The summed E-state index contributed by atoms with van der Waals surface area (Å²) in [5.41, 5.74) is 0.888. The molecule has 0 saturated carbocycles. The molecule has 2 aromatic carbocycles. The Kier molecular flexibility index (Phi) is 7.61. The number of carbonyl (C=O) groups is 1. The van der Waals surface area contributed by atoms with Gasteiger partial charge in [0.1, 0.15) is 0 Å². The van der Waals surface area contributed by atoms with Crippen LogP contribution in [0.15, 0.2) is 78.0 Å². The number of nitrogens with zero attached hydrogens (tertiary/aromatic N) is 2. The second-order valence-corrected chi connectivity index (χ2v) is 9.62. The number of hydrogen-bond donors (Lipinski definition) is 1. The highest BCUT2D eigenvalue weighted by Crippen LogP contribution is 2.32. The lowest BCUT2D eigenvalue weighted by Crippen LogP contribution is -2.36. The van der Waals surface area contributed by atoms with Crippen LogP contribution >= 0.6 is 0 Å². The number of carbonyl (C=O) groups excluding carboxylic acids is 1. The fourth-order valence-corrected chi connectivity index (χ4v) is 4.82. The van der Waals surface area contributed by atoms with E-state index in [1.807, 2.05) is 6.92 Å². The molecule has 1 atom stereocenters. The number of amides is 1. The van der Waals surface area contributed by atoms with Crippen LogP contribution < -0.4 is 9.62 Å². The van der Waals surface area contributed by atoms with Crippen molar-refractivity contribution in [1.29, 1.82) is 0 Å². The number of sulfonamides is 1. The minimum atomic E-state index is -4.69. The Labute approximate surface area is 196 Å². The number of aromatic nitrogens is 1. The monoisotopic (exact) mass is 491 g/mol. The summed E-state index contributed by atoms with van der Waals surface area (Å²) in [7, 11) is -4.38. The third kappa shape index (κ3) is 6.13. The molecule has 3 aromatic rings. The Hall–Kier alpha value is -3.40. The summed E-state index contributed by atoms with van der Waals surface area (Å²) in [6.07, 6.45) is -1.69. The largest absolute Gasteiger partial charge is 0.416 e. The van der Waals surface area contributed by atoms with E-state index in [1.54, 1.807) is 55.7 Å². The maximum absolute atomic E-state index is 13.4. The molecular weight excluding hydrogens is 467 g/mol. The molecule has 0 saturated heterocycles. The van der Waals surface area contributed by atoms with Crippen molar-refractivity contribution in [3.8, 4) is 0 Å². The SMILES string of the molecule is Cc1ccc(N(CCC(=O)NC(C)c2ccncc2)S(=O)(=O)c2cccc(C(F)(F)F)c2)cc1. The van der Waals surface area contributed by atoms with Crippen LogP contribution in [-0.4, -0.2) is 25.9 Å². The smallest absolute Gasteiger partial charge is 0.350 e. The van der Waals surface area contributed by atoms with Gasteiger partial charge in [-0.1, -0.05) is 23.8 Å².